The standard InChI is InChI=1S/C26H28N6/c1-3-11-25(27-29-31-17-5-6-18-31)23(9-1)21-13-15-22(16-14-21)24-10-2-4-12-26(24)28-30-32-19-7-8-20-32/h1-4,9-16H,5-8,17-20H2. The minimum atomic E-state index is 0.895. The van der Waals surface area contributed by atoms with Crippen LogP contribution >= 0.6 is 0 Å². The fraction of sp³-hybridized carbons (Fsp3) is 0.308. The van der Waals surface area contributed by atoms with E-state index >= 15 is 0 Å². The Hall–Kier alpha value is -3.54. The van der Waals surface area contributed by atoms with Crippen LogP contribution in [0.4, 0.5) is 11.4 Å². The van der Waals surface area contributed by atoms with Gasteiger partial charge in [0.05, 0.1) is 11.4 Å². The molecular weight excluding hydrogens is 396 g/mol. The third-order valence-electron chi connectivity index (χ3n) is 6.04. The molecule has 2 heterocycles. The molecule has 0 atom stereocenters. The van der Waals surface area contributed by atoms with E-state index in [1.54, 1.807) is 0 Å². The quantitative estimate of drug-likeness (QED) is 0.393. The summed E-state index contributed by atoms with van der Waals surface area (Å²) in [4.78, 5) is 0. The van der Waals surface area contributed by atoms with Crippen molar-refractivity contribution in [3.05, 3.63) is 72.8 Å². The smallest absolute Gasteiger partial charge is 0.0952 e. The molecule has 0 saturated carbocycles. The predicted molar refractivity (Wildman–Crippen MR) is 128 cm³/mol. The second-order valence-electron chi connectivity index (χ2n) is 8.31. The van der Waals surface area contributed by atoms with Crippen molar-refractivity contribution in [2.75, 3.05) is 26.2 Å². The first-order valence-corrected chi connectivity index (χ1v) is 11.5. The van der Waals surface area contributed by atoms with E-state index in [-0.39, 0.29) is 0 Å². The van der Waals surface area contributed by atoms with E-state index in [0.29, 0.717) is 0 Å². The fourth-order valence-electron chi connectivity index (χ4n) is 4.24. The highest BCUT2D eigenvalue weighted by Crippen LogP contribution is 2.35. The van der Waals surface area contributed by atoms with Crippen LogP contribution in [0.1, 0.15) is 25.7 Å². The van der Waals surface area contributed by atoms with Gasteiger partial charge in [-0.1, -0.05) is 71.1 Å². The molecule has 2 saturated heterocycles. The van der Waals surface area contributed by atoms with E-state index in [4.69, 9.17) is 0 Å². The summed E-state index contributed by atoms with van der Waals surface area (Å²) in [6, 6.07) is 25.0. The molecule has 0 bridgehead atoms. The Labute approximate surface area is 189 Å². The predicted octanol–water partition coefficient (Wildman–Crippen LogP) is 7.21. The first kappa shape index (κ1) is 20.4. The monoisotopic (exact) mass is 424 g/mol. The Balaban J connectivity index is 1.39. The number of rotatable bonds is 6. The topological polar surface area (TPSA) is 55.9 Å². The van der Waals surface area contributed by atoms with E-state index < -0.39 is 0 Å². The lowest BCUT2D eigenvalue weighted by Gasteiger charge is -2.11. The summed E-state index contributed by atoms with van der Waals surface area (Å²) in [5, 5.41) is 22.1. The lowest BCUT2D eigenvalue weighted by molar-refractivity contribution is 0.337. The maximum Gasteiger partial charge on any atom is 0.0952 e. The van der Waals surface area contributed by atoms with Crippen molar-refractivity contribution in [2.45, 2.75) is 25.7 Å². The van der Waals surface area contributed by atoms with Gasteiger partial charge in [0.25, 0.3) is 0 Å². The average molecular weight is 425 g/mol. The van der Waals surface area contributed by atoms with Gasteiger partial charge in [-0.15, -0.1) is 10.2 Å². The molecule has 162 valence electrons. The maximum atomic E-state index is 4.54. The molecule has 6 nitrogen and oxygen atoms in total. The number of nitrogens with zero attached hydrogens (tertiary/aromatic N) is 6. The molecule has 0 radical (unpaired) electrons. The molecule has 2 fully saturated rings. The van der Waals surface area contributed by atoms with Crippen LogP contribution in [0.3, 0.4) is 0 Å². The van der Waals surface area contributed by atoms with Crippen LogP contribution < -0.4 is 0 Å². The number of hydrogen-bond donors (Lipinski definition) is 0. The molecule has 3 aromatic rings. The third kappa shape index (κ3) is 4.69. The molecule has 5 rings (SSSR count). The summed E-state index contributed by atoms with van der Waals surface area (Å²) >= 11 is 0. The van der Waals surface area contributed by atoms with Crippen LogP contribution in [0.2, 0.25) is 0 Å². The molecule has 2 aliphatic rings. The molecule has 6 heteroatoms. The summed E-state index contributed by atoms with van der Waals surface area (Å²) in [5.74, 6) is 0. The molecule has 0 amide bonds. The van der Waals surface area contributed by atoms with Crippen molar-refractivity contribution in [2.24, 2.45) is 20.7 Å². The minimum absolute atomic E-state index is 0.895. The Morgan fingerprint density at radius 1 is 0.469 bits per heavy atom. The molecule has 0 spiro atoms. The molecule has 3 aromatic carbocycles. The van der Waals surface area contributed by atoms with Crippen LogP contribution in [0, 0.1) is 0 Å². The summed E-state index contributed by atoms with van der Waals surface area (Å²) in [6.07, 6.45) is 4.78. The van der Waals surface area contributed by atoms with Gasteiger partial charge in [-0.2, -0.15) is 0 Å². The molecule has 0 unspecified atom stereocenters. The number of benzene rings is 3. The molecule has 0 aliphatic carbocycles. The SMILES string of the molecule is c1ccc(-c2ccc(-c3ccccc3N=NN3CCCC3)cc2)c(N=NN2CCCC2)c1. The lowest BCUT2D eigenvalue weighted by atomic mass is 9.98. The van der Waals surface area contributed by atoms with Gasteiger partial charge in [0.1, 0.15) is 0 Å². The first-order chi connectivity index (χ1) is 15.9. The van der Waals surface area contributed by atoms with Gasteiger partial charge in [0.15, 0.2) is 0 Å². The van der Waals surface area contributed by atoms with E-state index in [2.05, 4.69) is 57.1 Å². The maximum absolute atomic E-state index is 4.54. The van der Waals surface area contributed by atoms with Crippen molar-refractivity contribution in [1.82, 2.24) is 10.0 Å². The van der Waals surface area contributed by atoms with Crippen molar-refractivity contribution < 1.29 is 0 Å². The van der Waals surface area contributed by atoms with Crippen molar-refractivity contribution in [3.8, 4) is 22.3 Å². The van der Waals surface area contributed by atoms with Crippen LogP contribution in [0.15, 0.2) is 93.5 Å². The molecule has 0 aromatic heterocycles. The number of hydrogen-bond acceptors (Lipinski definition) is 4. The van der Waals surface area contributed by atoms with Gasteiger partial charge in [0.2, 0.25) is 0 Å². The van der Waals surface area contributed by atoms with Crippen LogP contribution in [-0.4, -0.2) is 36.2 Å². The largest absolute Gasteiger partial charge is 0.278 e. The Morgan fingerprint density at radius 3 is 1.25 bits per heavy atom. The summed E-state index contributed by atoms with van der Waals surface area (Å²) in [7, 11) is 0. The van der Waals surface area contributed by atoms with Crippen molar-refractivity contribution >= 4 is 11.4 Å². The average Bonchev–Trinajstić information content (AvgIpc) is 3.56. The van der Waals surface area contributed by atoms with E-state index in [1.807, 2.05) is 46.4 Å². The van der Waals surface area contributed by atoms with E-state index in [1.165, 1.54) is 25.7 Å². The Kier molecular flexibility index (Phi) is 6.19. The highest BCUT2D eigenvalue weighted by atomic mass is 15.5. The Bertz CT molecular complexity index is 1000. The van der Waals surface area contributed by atoms with E-state index in [0.717, 1.165) is 59.8 Å². The zero-order valence-corrected chi connectivity index (χ0v) is 18.3. The first-order valence-electron chi connectivity index (χ1n) is 11.5. The second-order valence-corrected chi connectivity index (χ2v) is 8.31. The van der Waals surface area contributed by atoms with Gasteiger partial charge in [-0.3, -0.25) is 10.0 Å². The van der Waals surface area contributed by atoms with Gasteiger partial charge in [-0.05, 0) is 48.9 Å². The van der Waals surface area contributed by atoms with E-state index in [9.17, 15) is 0 Å². The normalized spacial score (nSPS) is 16.6. The van der Waals surface area contributed by atoms with Gasteiger partial charge >= 0.3 is 0 Å². The zero-order chi connectivity index (χ0) is 21.6. The van der Waals surface area contributed by atoms with Crippen LogP contribution in [0.25, 0.3) is 22.3 Å². The summed E-state index contributed by atoms with van der Waals surface area (Å²) in [6.45, 7) is 3.98. The molecule has 32 heavy (non-hydrogen) atoms. The summed E-state index contributed by atoms with van der Waals surface area (Å²) in [5.41, 5.74) is 6.22. The third-order valence-corrected chi connectivity index (χ3v) is 6.04. The van der Waals surface area contributed by atoms with Gasteiger partial charge < -0.3 is 0 Å². The minimum Gasteiger partial charge on any atom is -0.278 e. The van der Waals surface area contributed by atoms with Gasteiger partial charge in [0, 0.05) is 37.3 Å². The van der Waals surface area contributed by atoms with Crippen LogP contribution in [0.5, 0.6) is 0 Å². The van der Waals surface area contributed by atoms with Crippen molar-refractivity contribution in [3.63, 3.8) is 0 Å². The second kappa shape index (κ2) is 9.73. The Morgan fingerprint density at radius 2 is 0.844 bits per heavy atom. The van der Waals surface area contributed by atoms with Crippen molar-refractivity contribution in [1.29, 1.82) is 0 Å². The molecule has 2 aliphatic heterocycles. The highest BCUT2D eigenvalue weighted by molar-refractivity contribution is 5.80. The zero-order valence-electron chi connectivity index (χ0n) is 18.3. The molecular formula is C26H28N6. The fourth-order valence-corrected chi connectivity index (χ4v) is 4.24. The van der Waals surface area contributed by atoms with Gasteiger partial charge in [-0.25, -0.2) is 0 Å². The summed E-state index contributed by atoms with van der Waals surface area (Å²) < 4.78 is 0. The highest BCUT2D eigenvalue weighted by Gasteiger charge is 2.11. The lowest BCUT2D eigenvalue weighted by Crippen LogP contribution is -2.09. The molecule has 0 N–H and O–H groups in total. The van der Waals surface area contributed by atoms with Crippen LogP contribution in [-0.2, 0) is 0 Å².